The Balaban J connectivity index is 0.000000370. The molecule has 1 rings (SSSR count). The molecular formula is C16H25NO3. The molecule has 1 aromatic carbocycles. The van der Waals surface area contributed by atoms with E-state index >= 15 is 0 Å². The summed E-state index contributed by atoms with van der Waals surface area (Å²) in [5, 5.41) is 16.2. The van der Waals surface area contributed by atoms with Crippen molar-refractivity contribution in [1.82, 2.24) is 5.23 Å². The Morgan fingerprint density at radius 1 is 1.15 bits per heavy atom. The first-order valence-electron chi connectivity index (χ1n) is 7.01. The molecule has 0 aliphatic carbocycles. The molecule has 20 heavy (non-hydrogen) atoms. The molecule has 0 aromatic heterocycles. The van der Waals surface area contributed by atoms with Crippen LogP contribution in [0.1, 0.15) is 55.8 Å². The molecule has 1 amide bonds. The molecular weight excluding hydrogens is 254 g/mol. The van der Waals surface area contributed by atoms with Gasteiger partial charge in [0, 0.05) is 5.56 Å². The van der Waals surface area contributed by atoms with E-state index in [9.17, 15) is 4.79 Å². The van der Waals surface area contributed by atoms with Gasteiger partial charge >= 0.3 is 5.91 Å². The maximum Gasteiger partial charge on any atom is 0.303 e. The zero-order valence-corrected chi connectivity index (χ0v) is 12.2. The number of rotatable bonds is 7. The lowest BCUT2D eigenvalue weighted by molar-refractivity contribution is -0.260. The third-order valence-corrected chi connectivity index (χ3v) is 2.71. The highest BCUT2D eigenvalue weighted by Gasteiger charge is 2.08. The minimum absolute atomic E-state index is 0.234. The Morgan fingerprint density at radius 2 is 1.75 bits per heavy atom. The van der Waals surface area contributed by atoms with Crippen LogP contribution in [0.3, 0.4) is 0 Å². The van der Waals surface area contributed by atoms with Gasteiger partial charge in [0.2, 0.25) is 0 Å². The van der Waals surface area contributed by atoms with Crippen LogP contribution in [0, 0.1) is 0 Å². The van der Waals surface area contributed by atoms with E-state index in [0.717, 1.165) is 0 Å². The fourth-order valence-electron chi connectivity index (χ4n) is 1.59. The third kappa shape index (κ3) is 9.30. The molecule has 0 spiro atoms. The number of hydroxylamine groups is 2. The minimum Gasteiger partial charge on any atom is -0.264 e. The number of allylic oxidation sites excluding steroid dienone is 1. The van der Waals surface area contributed by atoms with Crippen LogP contribution in [-0.4, -0.2) is 21.5 Å². The van der Waals surface area contributed by atoms with E-state index in [-0.39, 0.29) is 5.56 Å². The lowest BCUT2D eigenvalue weighted by Crippen LogP contribution is -2.22. The molecule has 1 aromatic rings. The first-order chi connectivity index (χ1) is 9.63. The second kappa shape index (κ2) is 12.4. The van der Waals surface area contributed by atoms with Crippen LogP contribution in [0.4, 0.5) is 0 Å². The number of unbranched alkanes of at least 4 members (excludes halogenated alkanes) is 5. The van der Waals surface area contributed by atoms with E-state index in [1.807, 2.05) is 6.08 Å². The summed E-state index contributed by atoms with van der Waals surface area (Å²) in [6.45, 7) is 5.92. The number of carbonyl (C=O) groups is 1. The van der Waals surface area contributed by atoms with Gasteiger partial charge in [-0.25, -0.2) is 0 Å². The molecule has 0 unspecified atom stereocenters. The summed E-state index contributed by atoms with van der Waals surface area (Å²) in [7, 11) is 0. The summed E-state index contributed by atoms with van der Waals surface area (Å²) in [5.74, 6) is -0.842. The maximum absolute atomic E-state index is 10.8. The molecule has 0 saturated heterocycles. The zero-order chi connectivity index (χ0) is 15.2. The molecule has 112 valence electrons. The summed E-state index contributed by atoms with van der Waals surface area (Å²) in [4.78, 5) is 10.8. The Morgan fingerprint density at radius 3 is 2.25 bits per heavy atom. The van der Waals surface area contributed by atoms with Gasteiger partial charge in [-0.3, -0.25) is 15.2 Å². The highest BCUT2D eigenvalue weighted by molar-refractivity contribution is 5.92. The molecule has 0 aliphatic heterocycles. The van der Waals surface area contributed by atoms with E-state index in [1.165, 1.54) is 50.7 Å². The number of hydrogen-bond donors (Lipinski definition) is 2. The molecule has 2 N–H and O–H groups in total. The molecule has 0 atom stereocenters. The summed E-state index contributed by atoms with van der Waals surface area (Å²) in [6, 6.07) is 7.98. The summed E-state index contributed by atoms with van der Waals surface area (Å²) >= 11 is 0. The van der Waals surface area contributed by atoms with Gasteiger partial charge in [0.15, 0.2) is 0 Å². The van der Waals surface area contributed by atoms with Crippen molar-refractivity contribution in [3.8, 4) is 0 Å². The predicted molar refractivity (Wildman–Crippen MR) is 79.8 cm³/mol. The maximum atomic E-state index is 10.8. The normalized spacial score (nSPS) is 9.35. The largest absolute Gasteiger partial charge is 0.303 e. The number of amides is 1. The van der Waals surface area contributed by atoms with Gasteiger partial charge in [-0.05, 0) is 25.0 Å². The van der Waals surface area contributed by atoms with Crippen molar-refractivity contribution in [2.24, 2.45) is 0 Å². The fourth-order valence-corrected chi connectivity index (χ4v) is 1.59. The Hall–Kier alpha value is -1.65. The quantitative estimate of drug-likeness (QED) is 0.336. The Kier molecular flexibility index (Phi) is 11.4. The lowest BCUT2D eigenvalue weighted by atomic mass is 10.1. The van der Waals surface area contributed by atoms with Gasteiger partial charge in [-0.1, -0.05) is 62.1 Å². The van der Waals surface area contributed by atoms with Crippen LogP contribution in [0.25, 0.3) is 0 Å². The first kappa shape index (κ1) is 18.4. The second-order valence-electron chi connectivity index (χ2n) is 4.45. The van der Waals surface area contributed by atoms with Crippen LogP contribution in [0.5, 0.6) is 0 Å². The smallest absolute Gasteiger partial charge is 0.264 e. The summed E-state index contributed by atoms with van der Waals surface area (Å²) in [6.07, 6.45) is 10.1. The van der Waals surface area contributed by atoms with Crippen LogP contribution >= 0.6 is 0 Å². The molecule has 0 radical (unpaired) electrons. The highest BCUT2D eigenvalue weighted by Crippen LogP contribution is 2.04. The number of benzene rings is 1. The van der Waals surface area contributed by atoms with E-state index in [2.05, 4.69) is 13.5 Å². The molecule has 0 saturated carbocycles. The first-order valence-corrected chi connectivity index (χ1v) is 7.01. The summed E-state index contributed by atoms with van der Waals surface area (Å²) in [5.41, 5.74) is 0.234. The van der Waals surface area contributed by atoms with Crippen LogP contribution in [0.2, 0.25) is 0 Å². The van der Waals surface area contributed by atoms with Crippen LogP contribution in [0.15, 0.2) is 43.0 Å². The van der Waals surface area contributed by atoms with Crippen molar-refractivity contribution in [3.63, 3.8) is 0 Å². The Labute approximate surface area is 121 Å². The fraction of sp³-hybridized carbons (Fsp3) is 0.438. The van der Waals surface area contributed by atoms with Crippen molar-refractivity contribution in [2.45, 2.75) is 45.4 Å². The van der Waals surface area contributed by atoms with E-state index < -0.39 is 11.1 Å². The monoisotopic (exact) mass is 279 g/mol. The zero-order valence-electron chi connectivity index (χ0n) is 12.2. The topological polar surface area (TPSA) is 60.8 Å². The van der Waals surface area contributed by atoms with E-state index in [1.54, 1.807) is 18.2 Å². The van der Waals surface area contributed by atoms with Gasteiger partial charge in [0.1, 0.15) is 0 Å². The van der Waals surface area contributed by atoms with Crippen molar-refractivity contribution in [1.29, 1.82) is 0 Å². The summed E-state index contributed by atoms with van der Waals surface area (Å²) < 4.78 is 0. The number of carbonyl (C=O) groups excluding carboxylic acids is 1. The molecule has 4 heteroatoms. The number of nitrogens with zero attached hydrogens (tertiary/aromatic N) is 1. The van der Waals surface area contributed by atoms with Gasteiger partial charge in [0.05, 0.1) is 0 Å². The SMILES string of the molecule is C=CCCCCCCC.O=C(c1ccccc1)N(O)O. The van der Waals surface area contributed by atoms with Crippen molar-refractivity contribution < 1.29 is 15.2 Å². The molecule has 0 fully saturated rings. The van der Waals surface area contributed by atoms with Crippen molar-refractivity contribution in [3.05, 3.63) is 48.6 Å². The van der Waals surface area contributed by atoms with E-state index in [4.69, 9.17) is 10.4 Å². The third-order valence-electron chi connectivity index (χ3n) is 2.71. The van der Waals surface area contributed by atoms with Gasteiger partial charge in [0.25, 0.3) is 0 Å². The Bertz CT molecular complexity index is 363. The second-order valence-corrected chi connectivity index (χ2v) is 4.45. The highest BCUT2D eigenvalue weighted by atomic mass is 16.8. The number of hydrogen-bond acceptors (Lipinski definition) is 3. The average molecular weight is 279 g/mol. The standard InChI is InChI=1S/C9H18.C7H7NO3/c1-3-5-7-9-8-6-4-2;9-7(8(10)11)6-4-2-1-3-5-6/h3H,1,4-9H2,2H3;1-5,10-11H. The minimum atomic E-state index is -0.842. The van der Waals surface area contributed by atoms with Crippen LogP contribution in [-0.2, 0) is 0 Å². The van der Waals surface area contributed by atoms with Crippen molar-refractivity contribution >= 4 is 5.91 Å². The van der Waals surface area contributed by atoms with E-state index in [0.29, 0.717) is 0 Å². The van der Waals surface area contributed by atoms with Crippen LogP contribution < -0.4 is 0 Å². The molecule has 4 nitrogen and oxygen atoms in total. The predicted octanol–water partition coefficient (Wildman–Crippen LogP) is 4.44. The van der Waals surface area contributed by atoms with Gasteiger partial charge in [-0.15, -0.1) is 6.58 Å². The molecule has 0 bridgehead atoms. The van der Waals surface area contributed by atoms with Crippen molar-refractivity contribution in [2.75, 3.05) is 0 Å². The van der Waals surface area contributed by atoms with Gasteiger partial charge in [-0.2, -0.15) is 0 Å². The molecule has 0 heterocycles. The van der Waals surface area contributed by atoms with Gasteiger partial charge < -0.3 is 0 Å². The average Bonchev–Trinajstić information content (AvgIpc) is 2.48. The lowest BCUT2D eigenvalue weighted by Gasteiger charge is -2.04. The molecule has 0 aliphatic rings.